The maximum Gasteiger partial charge on any atom is 0.261 e. The van der Waals surface area contributed by atoms with Gasteiger partial charge in [-0.05, 0) is 55.5 Å². The molecule has 0 saturated carbocycles. The van der Waals surface area contributed by atoms with Gasteiger partial charge >= 0.3 is 0 Å². The molecule has 1 N–H and O–H groups in total. The van der Waals surface area contributed by atoms with Crippen molar-refractivity contribution in [1.82, 2.24) is 4.90 Å². The Balaban J connectivity index is 1.51. The van der Waals surface area contributed by atoms with Gasteiger partial charge in [0.2, 0.25) is 0 Å². The quantitative estimate of drug-likeness (QED) is 0.497. The SMILES string of the molecule is CC(=O)c1ccc(NC(=S)OCCN2C(=O)c3ccccc3C2=O)cc1. The number of thiocarbonyl (C=S) groups is 1. The molecule has 2 aromatic carbocycles. The van der Waals surface area contributed by atoms with Crippen LogP contribution in [0.1, 0.15) is 38.0 Å². The molecule has 0 atom stereocenters. The van der Waals surface area contributed by atoms with Crippen LogP contribution in [0.4, 0.5) is 5.69 Å². The Morgan fingerprint density at radius 3 is 2.15 bits per heavy atom. The molecule has 1 heterocycles. The van der Waals surface area contributed by atoms with E-state index in [1.165, 1.54) is 6.92 Å². The summed E-state index contributed by atoms with van der Waals surface area (Å²) in [6, 6.07) is 13.5. The van der Waals surface area contributed by atoms with Crippen LogP contribution in [0.15, 0.2) is 48.5 Å². The first-order chi connectivity index (χ1) is 12.5. The minimum atomic E-state index is -0.326. The molecule has 132 valence electrons. The van der Waals surface area contributed by atoms with Crippen LogP contribution >= 0.6 is 12.2 Å². The topological polar surface area (TPSA) is 75.7 Å². The summed E-state index contributed by atoms with van der Waals surface area (Å²) < 4.78 is 5.39. The van der Waals surface area contributed by atoms with Gasteiger partial charge in [0.25, 0.3) is 17.0 Å². The Kier molecular flexibility index (Phi) is 5.09. The summed E-state index contributed by atoms with van der Waals surface area (Å²) in [5.41, 5.74) is 2.10. The van der Waals surface area contributed by atoms with Crippen LogP contribution in [-0.2, 0) is 4.74 Å². The zero-order valence-corrected chi connectivity index (χ0v) is 14.8. The summed E-state index contributed by atoms with van der Waals surface area (Å²) in [7, 11) is 0. The highest BCUT2D eigenvalue weighted by molar-refractivity contribution is 7.80. The van der Waals surface area contributed by atoms with Gasteiger partial charge in [-0.15, -0.1) is 0 Å². The zero-order valence-electron chi connectivity index (χ0n) is 14.0. The number of fused-ring (bicyclic) bond motifs is 1. The van der Waals surface area contributed by atoms with Crippen LogP contribution in [0.2, 0.25) is 0 Å². The summed E-state index contributed by atoms with van der Waals surface area (Å²) in [6.07, 6.45) is 0. The van der Waals surface area contributed by atoms with Crippen molar-refractivity contribution in [3.05, 3.63) is 65.2 Å². The molecule has 7 heteroatoms. The Bertz CT molecular complexity index is 858. The predicted octanol–water partition coefficient (Wildman–Crippen LogP) is 2.90. The van der Waals surface area contributed by atoms with Crippen molar-refractivity contribution >= 4 is 40.7 Å². The molecule has 0 unspecified atom stereocenters. The van der Waals surface area contributed by atoms with E-state index < -0.39 is 0 Å². The zero-order chi connectivity index (χ0) is 18.7. The number of ketones is 1. The molecule has 0 aromatic heterocycles. The van der Waals surface area contributed by atoms with Crippen molar-refractivity contribution in [2.45, 2.75) is 6.92 Å². The van der Waals surface area contributed by atoms with Gasteiger partial charge in [0, 0.05) is 11.3 Å². The first-order valence-electron chi connectivity index (χ1n) is 7.97. The normalized spacial score (nSPS) is 12.7. The van der Waals surface area contributed by atoms with E-state index >= 15 is 0 Å². The molecule has 0 bridgehead atoms. The van der Waals surface area contributed by atoms with E-state index in [9.17, 15) is 14.4 Å². The van der Waals surface area contributed by atoms with E-state index in [1.54, 1.807) is 48.5 Å². The average Bonchev–Trinajstić information content (AvgIpc) is 2.87. The second kappa shape index (κ2) is 7.45. The van der Waals surface area contributed by atoms with E-state index in [-0.39, 0.29) is 35.9 Å². The molecule has 0 saturated heterocycles. The maximum absolute atomic E-state index is 12.2. The lowest BCUT2D eigenvalue weighted by Gasteiger charge is -2.15. The Labute approximate surface area is 155 Å². The van der Waals surface area contributed by atoms with E-state index in [4.69, 9.17) is 17.0 Å². The number of Topliss-reactive ketones (excluding diaryl/α,β-unsaturated/α-hetero) is 1. The number of hydrogen-bond donors (Lipinski definition) is 1. The Morgan fingerprint density at radius 1 is 1.04 bits per heavy atom. The summed E-state index contributed by atoms with van der Waals surface area (Å²) in [4.78, 5) is 36.9. The molecular formula is C19H16N2O4S. The van der Waals surface area contributed by atoms with E-state index in [2.05, 4.69) is 5.32 Å². The number of hydrogen-bond acceptors (Lipinski definition) is 5. The van der Waals surface area contributed by atoms with Crippen LogP contribution in [-0.4, -0.2) is 40.8 Å². The van der Waals surface area contributed by atoms with Gasteiger partial charge in [-0.2, -0.15) is 0 Å². The van der Waals surface area contributed by atoms with E-state index in [1.807, 2.05) is 0 Å². The molecule has 1 aliphatic rings. The number of rotatable bonds is 5. The third-order valence-corrected chi connectivity index (χ3v) is 4.18. The molecule has 3 rings (SSSR count). The van der Waals surface area contributed by atoms with Crippen LogP contribution in [0, 0.1) is 0 Å². The number of nitrogens with zero attached hydrogens (tertiary/aromatic N) is 1. The van der Waals surface area contributed by atoms with Gasteiger partial charge < -0.3 is 10.1 Å². The van der Waals surface area contributed by atoms with Crippen molar-refractivity contribution in [2.75, 3.05) is 18.5 Å². The molecule has 0 fully saturated rings. The minimum absolute atomic E-state index is 0.0173. The Morgan fingerprint density at radius 2 is 1.62 bits per heavy atom. The number of imide groups is 1. The van der Waals surface area contributed by atoms with Crippen molar-refractivity contribution in [3.63, 3.8) is 0 Å². The number of ether oxygens (including phenoxy) is 1. The van der Waals surface area contributed by atoms with Gasteiger partial charge in [-0.25, -0.2) is 0 Å². The van der Waals surface area contributed by atoms with Crippen LogP contribution in [0.3, 0.4) is 0 Å². The van der Waals surface area contributed by atoms with Crippen molar-refractivity contribution in [3.8, 4) is 0 Å². The first-order valence-corrected chi connectivity index (χ1v) is 8.38. The van der Waals surface area contributed by atoms with Crippen LogP contribution in [0.5, 0.6) is 0 Å². The standard InChI is InChI=1S/C19H16N2O4S/c1-12(22)13-6-8-14(9-7-13)20-19(26)25-11-10-21-17(23)15-4-2-3-5-16(15)18(21)24/h2-9H,10-11H2,1H3,(H,20,26). The largest absolute Gasteiger partial charge is 0.469 e. The van der Waals surface area contributed by atoms with Gasteiger partial charge in [-0.3, -0.25) is 19.3 Å². The average molecular weight is 368 g/mol. The highest BCUT2D eigenvalue weighted by Gasteiger charge is 2.34. The molecule has 0 aliphatic carbocycles. The lowest BCUT2D eigenvalue weighted by atomic mass is 10.1. The Hall–Kier alpha value is -3.06. The lowest BCUT2D eigenvalue weighted by molar-refractivity contribution is 0.0629. The van der Waals surface area contributed by atoms with Gasteiger partial charge in [0.15, 0.2) is 5.78 Å². The second-order valence-corrected chi connectivity index (χ2v) is 6.07. The van der Waals surface area contributed by atoms with Gasteiger partial charge in [-0.1, -0.05) is 12.1 Å². The molecule has 2 amide bonds. The van der Waals surface area contributed by atoms with Crippen molar-refractivity contribution in [1.29, 1.82) is 0 Å². The highest BCUT2D eigenvalue weighted by atomic mass is 32.1. The number of amides is 2. The predicted molar refractivity (Wildman–Crippen MR) is 100 cm³/mol. The molecular weight excluding hydrogens is 352 g/mol. The molecule has 0 spiro atoms. The summed E-state index contributed by atoms with van der Waals surface area (Å²) in [6.45, 7) is 1.69. The van der Waals surface area contributed by atoms with E-state index in [0.29, 0.717) is 22.4 Å². The molecule has 1 aliphatic heterocycles. The highest BCUT2D eigenvalue weighted by Crippen LogP contribution is 2.21. The monoisotopic (exact) mass is 368 g/mol. The first kappa shape index (κ1) is 17.8. The third kappa shape index (κ3) is 3.62. The number of benzene rings is 2. The smallest absolute Gasteiger partial charge is 0.261 e. The number of anilines is 1. The maximum atomic E-state index is 12.2. The fourth-order valence-corrected chi connectivity index (χ4v) is 2.82. The number of carbonyl (C=O) groups excluding carboxylic acids is 3. The van der Waals surface area contributed by atoms with Crippen molar-refractivity contribution in [2.24, 2.45) is 0 Å². The summed E-state index contributed by atoms with van der Waals surface area (Å²) >= 11 is 5.10. The lowest BCUT2D eigenvalue weighted by Crippen LogP contribution is -2.33. The second-order valence-electron chi connectivity index (χ2n) is 5.70. The van der Waals surface area contributed by atoms with Crippen LogP contribution in [0.25, 0.3) is 0 Å². The fourth-order valence-electron chi connectivity index (χ4n) is 2.61. The molecule has 6 nitrogen and oxygen atoms in total. The molecule has 26 heavy (non-hydrogen) atoms. The van der Waals surface area contributed by atoms with E-state index in [0.717, 1.165) is 4.90 Å². The van der Waals surface area contributed by atoms with Crippen molar-refractivity contribution < 1.29 is 19.1 Å². The molecule has 2 aromatic rings. The number of nitrogens with one attached hydrogen (secondary N) is 1. The summed E-state index contributed by atoms with van der Waals surface area (Å²) in [5, 5.41) is 3.00. The fraction of sp³-hybridized carbons (Fsp3) is 0.158. The van der Waals surface area contributed by atoms with Gasteiger partial charge in [0.1, 0.15) is 6.61 Å². The molecule has 0 radical (unpaired) electrons. The van der Waals surface area contributed by atoms with Gasteiger partial charge in [0.05, 0.1) is 17.7 Å². The third-order valence-electron chi connectivity index (χ3n) is 3.96. The minimum Gasteiger partial charge on any atom is -0.469 e. The number of carbonyl (C=O) groups is 3. The van der Waals surface area contributed by atoms with Crippen LogP contribution < -0.4 is 5.32 Å². The summed E-state index contributed by atoms with van der Waals surface area (Å²) in [5.74, 6) is -0.669.